The van der Waals surface area contributed by atoms with Crippen LogP contribution in [0.3, 0.4) is 0 Å². The normalized spacial score (nSPS) is 14.8. The first-order valence-electron chi connectivity index (χ1n) is 11.8. The monoisotopic (exact) mass is 458 g/mol. The zero-order valence-electron chi connectivity index (χ0n) is 19.8. The van der Waals surface area contributed by atoms with Crippen LogP contribution in [0.2, 0.25) is 0 Å². The number of guanidine groups is 1. The zero-order chi connectivity index (χ0) is 23.9. The first-order valence-corrected chi connectivity index (χ1v) is 11.8. The number of amides is 1. The molecule has 1 fully saturated rings. The van der Waals surface area contributed by atoms with Gasteiger partial charge in [0.05, 0.1) is 5.69 Å². The average molecular weight is 459 g/mol. The highest BCUT2D eigenvalue weighted by molar-refractivity contribution is 6.06. The number of carbonyl (C=O) groups excluding carboxylic acids is 1. The van der Waals surface area contributed by atoms with Crippen molar-refractivity contribution in [3.05, 3.63) is 101 Å². The number of carbonyl (C=O) groups is 1. The third-order valence-corrected chi connectivity index (χ3v) is 6.08. The van der Waals surface area contributed by atoms with E-state index in [1.807, 2.05) is 61.5 Å². The molecule has 1 heterocycles. The molecular weight excluding hydrogens is 427 g/mol. The Bertz CT molecular complexity index is 1170. The fourth-order valence-electron chi connectivity index (χ4n) is 4.09. The second-order valence-electron chi connectivity index (χ2n) is 8.64. The van der Waals surface area contributed by atoms with Gasteiger partial charge in [0.15, 0.2) is 0 Å². The molecule has 34 heavy (non-hydrogen) atoms. The maximum atomic E-state index is 14.1. The van der Waals surface area contributed by atoms with Crippen molar-refractivity contribution in [3.63, 3.8) is 0 Å². The van der Waals surface area contributed by atoms with Gasteiger partial charge in [0.2, 0.25) is 5.96 Å². The standard InChI is InChI=1S/C28H31FN4O/c1-3-22-9-7-12-25(19-22)30-28(31-27(34)23-11-6-8-21(2)18-23)33-16-14-32(15-17-33)20-24-10-4-5-13-26(24)29/h4-13,18-19H,3,14-17,20H2,1-2H3,(H,30,31,34). The molecule has 1 aliphatic rings. The van der Waals surface area contributed by atoms with E-state index >= 15 is 0 Å². The van der Waals surface area contributed by atoms with Crippen molar-refractivity contribution in [2.24, 2.45) is 4.99 Å². The third-order valence-electron chi connectivity index (χ3n) is 6.08. The van der Waals surface area contributed by atoms with E-state index < -0.39 is 0 Å². The molecular formula is C28H31FN4O. The van der Waals surface area contributed by atoms with Crippen LogP contribution in [-0.4, -0.2) is 47.8 Å². The van der Waals surface area contributed by atoms with Crippen LogP contribution in [0.4, 0.5) is 10.1 Å². The number of aliphatic imine (C=N–C) groups is 1. The van der Waals surface area contributed by atoms with E-state index in [1.165, 1.54) is 11.6 Å². The van der Waals surface area contributed by atoms with Crippen molar-refractivity contribution in [1.29, 1.82) is 0 Å². The van der Waals surface area contributed by atoms with Gasteiger partial charge in [0.1, 0.15) is 5.82 Å². The van der Waals surface area contributed by atoms with Crippen LogP contribution in [0, 0.1) is 12.7 Å². The van der Waals surface area contributed by atoms with Crippen LogP contribution in [-0.2, 0) is 13.0 Å². The fourth-order valence-corrected chi connectivity index (χ4v) is 4.09. The average Bonchev–Trinajstić information content (AvgIpc) is 2.85. The van der Waals surface area contributed by atoms with Gasteiger partial charge in [-0.05, 0) is 49.2 Å². The Morgan fingerprint density at radius 1 is 0.971 bits per heavy atom. The third kappa shape index (κ3) is 6.08. The smallest absolute Gasteiger partial charge is 0.257 e. The Morgan fingerprint density at radius 3 is 2.47 bits per heavy atom. The highest BCUT2D eigenvalue weighted by Gasteiger charge is 2.22. The molecule has 0 spiro atoms. The largest absolute Gasteiger partial charge is 0.340 e. The molecule has 5 nitrogen and oxygen atoms in total. The molecule has 0 unspecified atom stereocenters. The number of hydrogen-bond acceptors (Lipinski definition) is 3. The Morgan fingerprint density at radius 2 is 1.74 bits per heavy atom. The molecule has 3 aromatic carbocycles. The number of benzene rings is 3. The maximum Gasteiger partial charge on any atom is 0.257 e. The van der Waals surface area contributed by atoms with Gasteiger partial charge < -0.3 is 4.90 Å². The Balaban J connectivity index is 1.51. The van der Waals surface area contributed by atoms with E-state index in [9.17, 15) is 9.18 Å². The summed E-state index contributed by atoms with van der Waals surface area (Å²) in [6.45, 7) is 7.53. The number of hydrogen-bond donors (Lipinski definition) is 1. The summed E-state index contributed by atoms with van der Waals surface area (Å²) in [5.41, 5.74) is 4.35. The Kier molecular flexibility index (Phi) is 7.70. The van der Waals surface area contributed by atoms with Crippen molar-refractivity contribution in [2.45, 2.75) is 26.8 Å². The molecule has 0 atom stereocenters. The quantitative estimate of drug-likeness (QED) is 0.436. The number of aryl methyl sites for hydroxylation is 2. The minimum atomic E-state index is -0.178. The van der Waals surface area contributed by atoms with Crippen molar-refractivity contribution >= 4 is 17.6 Å². The summed E-state index contributed by atoms with van der Waals surface area (Å²) < 4.78 is 14.1. The number of halogens is 1. The first kappa shape index (κ1) is 23.6. The van der Waals surface area contributed by atoms with Crippen LogP contribution in [0.5, 0.6) is 0 Å². The number of rotatable bonds is 5. The Hall–Kier alpha value is -3.51. The zero-order valence-corrected chi connectivity index (χ0v) is 19.8. The van der Waals surface area contributed by atoms with E-state index in [0.29, 0.717) is 36.7 Å². The van der Waals surface area contributed by atoms with E-state index in [1.54, 1.807) is 6.07 Å². The van der Waals surface area contributed by atoms with Gasteiger partial charge in [-0.15, -0.1) is 0 Å². The molecule has 3 aromatic rings. The number of piperazine rings is 1. The highest BCUT2D eigenvalue weighted by atomic mass is 19.1. The molecule has 1 saturated heterocycles. The summed E-state index contributed by atoms with van der Waals surface area (Å²) in [4.78, 5) is 22.2. The van der Waals surface area contributed by atoms with Gasteiger partial charge in [0.25, 0.3) is 5.91 Å². The lowest BCUT2D eigenvalue weighted by Gasteiger charge is -2.36. The van der Waals surface area contributed by atoms with E-state index in [2.05, 4.69) is 28.1 Å². The molecule has 0 aliphatic carbocycles. The predicted octanol–water partition coefficient (Wildman–Crippen LogP) is 4.93. The minimum absolute atomic E-state index is 0.173. The van der Waals surface area contributed by atoms with Crippen LogP contribution in [0.25, 0.3) is 0 Å². The van der Waals surface area contributed by atoms with Crippen molar-refractivity contribution in [1.82, 2.24) is 15.1 Å². The maximum absolute atomic E-state index is 14.1. The summed E-state index contributed by atoms with van der Waals surface area (Å²) in [5.74, 6) is 0.196. The molecule has 4 rings (SSSR count). The molecule has 0 radical (unpaired) electrons. The van der Waals surface area contributed by atoms with Crippen molar-refractivity contribution < 1.29 is 9.18 Å². The molecule has 176 valence electrons. The number of nitrogens with one attached hydrogen (secondary N) is 1. The summed E-state index contributed by atoms with van der Waals surface area (Å²) in [5, 5.41) is 3.05. The second kappa shape index (κ2) is 11.1. The molecule has 0 bridgehead atoms. The lowest BCUT2D eigenvalue weighted by molar-refractivity contribution is 0.0967. The molecule has 6 heteroatoms. The molecule has 1 N–H and O–H groups in total. The fraction of sp³-hybridized carbons (Fsp3) is 0.286. The number of nitrogens with zero attached hydrogens (tertiary/aromatic N) is 3. The summed E-state index contributed by atoms with van der Waals surface area (Å²) in [6.07, 6.45) is 0.920. The van der Waals surface area contributed by atoms with Crippen LogP contribution >= 0.6 is 0 Å². The second-order valence-corrected chi connectivity index (χ2v) is 8.64. The molecule has 1 amide bonds. The van der Waals surface area contributed by atoms with E-state index in [-0.39, 0.29) is 11.7 Å². The summed E-state index contributed by atoms with van der Waals surface area (Å²) >= 11 is 0. The lowest BCUT2D eigenvalue weighted by atomic mass is 10.1. The highest BCUT2D eigenvalue weighted by Crippen LogP contribution is 2.17. The van der Waals surface area contributed by atoms with E-state index in [4.69, 9.17) is 4.99 Å². The van der Waals surface area contributed by atoms with Gasteiger partial charge >= 0.3 is 0 Å². The van der Waals surface area contributed by atoms with Gasteiger partial charge in [-0.25, -0.2) is 9.38 Å². The first-order chi connectivity index (χ1) is 16.5. The molecule has 0 aromatic heterocycles. The van der Waals surface area contributed by atoms with Crippen molar-refractivity contribution in [3.8, 4) is 0 Å². The SMILES string of the molecule is CCc1cccc(N=C(NC(=O)c2cccc(C)c2)N2CCN(Cc3ccccc3F)CC2)c1. The topological polar surface area (TPSA) is 47.9 Å². The van der Waals surface area contributed by atoms with Gasteiger partial charge in [0, 0.05) is 43.9 Å². The lowest BCUT2D eigenvalue weighted by Crippen LogP contribution is -2.53. The summed E-state index contributed by atoms with van der Waals surface area (Å²) in [7, 11) is 0. The van der Waals surface area contributed by atoms with E-state index in [0.717, 1.165) is 30.8 Å². The van der Waals surface area contributed by atoms with Gasteiger partial charge in [-0.2, -0.15) is 0 Å². The predicted molar refractivity (Wildman–Crippen MR) is 135 cm³/mol. The van der Waals surface area contributed by atoms with Crippen molar-refractivity contribution in [2.75, 3.05) is 26.2 Å². The van der Waals surface area contributed by atoms with Crippen LogP contribution in [0.15, 0.2) is 77.8 Å². The van der Waals surface area contributed by atoms with Crippen LogP contribution < -0.4 is 5.32 Å². The minimum Gasteiger partial charge on any atom is -0.340 e. The van der Waals surface area contributed by atoms with Gasteiger partial charge in [-0.3, -0.25) is 15.0 Å². The molecule has 0 saturated carbocycles. The Labute approximate surface area is 200 Å². The van der Waals surface area contributed by atoms with Gasteiger partial charge in [-0.1, -0.05) is 55.0 Å². The van der Waals surface area contributed by atoms with Crippen LogP contribution in [0.1, 0.15) is 34.0 Å². The summed E-state index contributed by atoms with van der Waals surface area (Å²) in [6, 6.07) is 22.5. The molecule has 1 aliphatic heterocycles.